The molecule has 1 aliphatic heterocycles. The molecule has 0 radical (unpaired) electrons. The van der Waals surface area contributed by atoms with E-state index in [0.717, 1.165) is 37.9 Å². The summed E-state index contributed by atoms with van der Waals surface area (Å²) in [5.41, 5.74) is 0.980. The third-order valence-corrected chi connectivity index (χ3v) is 6.09. The zero-order valence-electron chi connectivity index (χ0n) is 16.1. The van der Waals surface area contributed by atoms with Crippen molar-refractivity contribution >= 4 is 11.8 Å². The molecule has 1 aromatic rings. The van der Waals surface area contributed by atoms with Crippen molar-refractivity contribution in [3.05, 3.63) is 41.9 Å². The number of hydrogen-bond donors (Lipinski definition) is 1. The molecule has 1 aromatic carbocycles. The predicted molar refractivity (Wildman–Crippen MR) is 103 cm³/mol. The molecule has 0 spiro atoms. The number of rotatable bonds is 7. The highest BCUT2D eigenvalue weighted by Crippen LogP contribution is 2.47. The molecule has 5 nitrogen and oxygen atoms in total. The van der Waals surface area contributed by atoms with E-state index >= 15 is 0 Å². The Morgan fingerprint density at radius 1 is 1.25 bits per heavy atom. The van der Waals surface area contributed by atoms with E-state index in [2.05, 4.69) is 11.4 Å². The number of carbonyl (C=O) groups is 2. The van der Waals surface area contributed by atoms with Crippen molar-refractivity contribution in [2.75, 3.05) is 19.7 Å². The number of ether oxygens (including phenoxy) is 1. The molecule has 1 saturated carbocycles. The van der Waals surface area contributed by atoms with Gasteiger partial charge in [-0.3, -0.25) is 9.59 Å². The minimum atomic E-state index is -0.338. The molecule has 28 heavy (non-hydrogen) atoms. The van der Waals surface area contributed by atoms with Gasteiger partial charge in [0, 0.05) is 30.6 Å². The lowest BCUT2D eigenvalue weighted by atomic mass is 9.69. The Bertz CT molecular complexity index is 772. The van der Waals surface area contributed by atoms with E-state index in [-0.39, 0.29) is 29.7 Å². The van der Waals surface area contributed by atoms with Crippen LogP contribution in [0.5, 0.6) is 5.75 Å². The van der Waals surface area contributed by atoms with E-state index in [1.807, 2.05) is 4.90 Å². The number of fused-ring (bicyclic) bond motifs is 1. The van der Waals surface area contributed by atoms with Gasteiger partial charge >= 0.3 is 0 Å². The van der Waals surface area contributed by atoms with Crippen molar-refractivity contribution in [1.82, 2.24) is 10.2 Å². The number of nitrogens with zero attached hydrogens (tertiary/aromatic N) is 1. The summed E-state index contributed by atoms with van der Waals surface area (Å²) >= 11 is 0. The Labute approximate surface area is 164 Å². The van der Waals surface area contributed by atoms with Gasteiger partial charge in [0.15, 0.2) is 6.61 Å². The summed E-state index contributed by atoms with van der Waals surface area (Å²) in [5, 5.41) is 3.01. The number of benzene rings is 1. The first kappa shape index (κ1) is 19.0. The first-order valence-corrected chi connectivity index (χ1v) is 10.2. The highest BCUT2D eigenvalue weighted by atomic mass is 19.1. The molecular formula is C22H27FN2O3. The molecule has 4 rings (SSSR count). The smallest absolute Gasteiger partial charge is 0.257 e. The average molecular weight is 386 g/mol. The molecular weight excluding hydrogens is 359 g/mol. The van der Waals surface area contributed by atoms with Crippen molar-refractivity contribution in [3.63, 3.8) is 0 Å². The molecule has 1 saturated heterocycles. The Morgan fingerprint density at radius 2 is 2.04 bits per heavy atom. The standard InChI is InChI=1S/C22H27FN2O3/c23-17-6-8-18(9-7-17)28-14-20(26)24-15-22-11-2-1-3-19(22)25(13-16-4-5-16)21(27)10-12-22/h3,6-9,16H,1-2,4-5,10-15H2,(H,24,26). The molecule has 3 aliphatic rings. The summed E-state index contributed by atoms with van der Waals surface area (Å²) < 4.78 is 18.4. The van der Waals surface area contributed by atoms with Gasteiger partial charge in [0.05, 0.1) is 0 Å². The van der Waals surface area contributed by atoms with Gasteiger partial charge in [-0.05, 0) is 68.7 Å². The summed E-state index contributed by atoms with van der Waals surface area (Å²) in [5.74, 6) is 0.791. The molecule has 0 aromatic heterocycles. The van der Waals surface area contributed by atoms with Crippen LogP contribution in [0, 0.1) is 17.2 Å². The van der Waals surface area contributed by atoms with E-state index in [1.54, 1.807) is 0 Å². The minimum absolute atomic E-state index is 0.106. The van der Waals surface area contributed by atoms with Crippen LogP contribution in [-0.2, 0) is 9.59 Å². The first-order chi connectivity index (χ1) is 13.6. The molecule has 0 bridgehead atoms. The Kier molecular flexibility index (Phi) is 5.38. The third-order valence-electron chi connectivity index (χ3n) is 6.09. The van der Waals surface area contributed by atoms with E-state index in [0.29, 0.717) is 24.6 Å². The highest BCUT2D eigenvalue weighted by Gasteiger charge is 2.45. The fraction of sp³-hybridized carbons (Fsp3) is 0.545. The number of carbonyl (C=O) groups excluding carboxylic acids is 2. The van der Waals surface area contributed by atoms with Crippen molar-refractivity contribution in [1.29, 1.82) is 0 Å². The molecule has 1 unspecified atom stereocenters. The van der Waals surface area contributed by atoms with Crippen LogP contribution in [0.3, 0.4) is 0 Å². The molecule has 2 fully saturated rings. The number of allylic oxidation sites excluding steroid dienone is 1. The predicted octanol–water partition coefficient (Wildman–Crippen LogP) is 3.41. The van der Waals surface area contributed by atoms with Crippen LogP contribution in [0.4, 0.5) is 4.39 Å². The van der Waals surface area contributed by atoms with E-state index in [1.165, 1.54) is 37.1 Å². The minimum Gasteiger partial charge on any atom is -0.484 e. The van der Waals surface area contributed by atoms with Gasteiger partial charge in [-0.25, -0.2) is 4.39 Å². The number of piperidine rings is 1. The fourth-order valence-electron chi connectivity index (χ4n) is 4.31. The number of hydrogen-bond acceptors (Lipinski definition) is 3. The topological polar surface area (TPSA) is 58.6 Å². The fourth-order valence-corrected chi connectivity index (χ4v) is 4.31. The van der Waals surface area contributed by atoms with Gasteiger partial charge in [0.1, 0.15) is 11.6 Å². The summed E-state index contributed by atoms with van der Waals surface area (Å²) in [6.07, 6.45) is 9.04. The maximum absolute atomic E-state index is 12.9. The zero-order valence-corrected chi connectivity index (χ0v) is 16.1. The number of halogens is 1. The van der Waals surface area contributed by atoms with Crippen LogP contribution in [0.15, 0.2) is 36.0 Å². The first-order valence-electron chi connectivity index (χ1n) is 10.2. The zero-order chi connectivity index (χ0) is 19.6. The molecule has 1 N–H and O–H groups in total. The summed E-state index contributed by atoms with van der Waals surface area (Å²) in [6.45, 7) is 1.25. The monoisotopic (exact) mass is 386 g/mol. The molecule has 1 heterocycles. The Balaban J connectivity index is 1.37. The quantitative estimate of drug-likeness (QED) is 0.781. The Hall–Kier alpha value is -2.37. The van der Waals surface area contributed by atoms with Crippen molar-refractivity contribution in [2.24, 2.45) is 11.3 Å². The number of nitrogens with one attached hydrogen (secondary N) is 1. The van der Waals surface area contributed by atoms with E-state index in [9.17, 15) is 14.0 Å². The van der Waals surface area contributed by atoms with Crippen LogP contribution in [0.1, 0.15) is 44.9 Å². The average Bonchev–Trinajstić information content (AvgIpc) is 3.53. The Morgan fingerprint density at radius 3 is 2.79 bits per heavy atom. The second-order valence-electron chi connectivity index (χ2n) is 8.23. The lowest BCUT2D eigenvalue weighted by Crippen LogP contribution is -2.51. The van der Waals surface area contributed by atoms with Crippen LogP contribution in [0.25, 0.3) is 0 Å². The van der Waals surface area contributed by atoms with Crippen LogP contribution < -0.4 is 10.1 Å². The second-order valence-corrected chi connectivity index (χ2v) is 8.23. The summed E-state index contributed by atoms with van der Waals surface area (Å²) in [4.78, 5) is 26.8. The van der Waals surface area contributed by atoms with Crippen molar-refractivity contribution in [3.8, 4) is 5.75 Å². The summed E-state index contributed by atoms with van der Waals surface area (Å²) in [6, 6.07) is 5.62. The molecule has 150 valence electrons. The lowest BCUT2D eigenvalue weighted by molar-refractivity contribution is -0.134. The second kappa shape index (κ2) is 7.94. The van der Waals surface area contributed by atoms with Gasteiger partial charge in [-0.1, -0.05) is 6.08 Å². The largest absolute Gasteiger partial charge is 0.484 e. The van der Waals surface area contributed by atoms with E-state index < -0.39 is 0 Å². The number of amides is 2. The van der Waals surface area contributed by atoms with Gasteiger partial charge in [-0.15, -0.1) is 0 Å². The van der Waals surface area contributed by atoms with Crippen molar-refractivity contribution < 1.29 is 18.7 Å². The van der Waals surface area contributed by atoms with Crippen LogP contribution >= 0.6 is 0 Å². The molecule has 2 aliphatic carbocycles. The maximum Gasteiger partial charge on any atom is 0.257 e. The maximum atomic E-state index is 12.9. The molecule has 6 heteroatoms. The summed E-state index contributed by atoms with van der Waals surface area (Å²) in [7, 11) is 0. The third kappa shape index (κ3) is 4.21. The van der Waals surface area contributed by atoms with Gasteiger partial charge in [0.25, 0.3) is 5.91 Å². The van der Waals surface area contributed by atoms with Crippen LogP contribution in [0.2, 0.25) is 0 Å². The highest BCUT2D eigenvalue weighted by molar-refractivity contribution is 5.80. The SMILES string of the molecule is O=C(COc1ccc(F)cc1)NCC12CCCC=C1N(CC1CC1)C(=O)CC2. The molecule has 1 atom stereocenters. The van der Waals surface area contributed by atoms with E-state index in [4.69, 9.17) is 4.74 Å². The molecule has 2 amide bonds. The van der Waals surface area contributed by atoms with Crippen molar-refractivity contribution in [2.45, 2.75) is 44.9 Å². The van der Waals surface area contributed by atoms with Gasteiger partial charge in [-0.2, -0.15) is 0 Å². The number of likely N-dealkylation sites (tertiary alicyclic amines) is 1. The van der Waals surface area contributed by atoms with Crippen LogP contribution in [-0.4, -0.2) is 36.4 Å². The lowest BCUT2D eigenvalue weighted by Gasteiger charge is -2.47. The normalized spacial score (nSPS) is 24.4. The van der Waals surface area contributed by atoms with Gasteiger partial charge < -0.3 is 15.0 Å². The van der Waals surface area contributed by atoms with Gasteiger partial charge in [0.2, 0.25) is 5.91 Å².